The highest BCUT2D eigenvalue weighted by Gasteiger charge is 2.43. The molecule has 1 amide bonds. The van der Waals surface area contributed by atoms with E-state index in [1.165, 1.54) is 13.0 Å². The number of aromatic nitrogens is 2. The Morgan fingerprint density at radius 3 is 2.56 bits per heavy atom. The van der Waals surface area contributed by atoms with E-state index in [4.69, 9.17) is 23.2 Å². The molecule has 4 rings (SSSR count). The molecular weight excluding hydrogens is 571 g/mol. The first-order valence-corrected chi connectivity index (χ1v) is 12.9. The van der Waals surface area contributed by atoms with Gasteiger partial charge < -0.3 is 20.5 Å². The largest absolute Gasteiger partial charge is 0.400 e. The Balaban J connectivity index is 1.50. The van der Waals surface area contributed by atoms with E-state index in [0.29, 0.717) is 40.9 Å². The van der Waals surface area contributed by atoms with E-state index >= 15 is 0 Å². The highest BCUT2D eigenvalue weighted by molar-refractivity contribution is 6.34. The SMILES string of the molecule is CCC(C(=O)NCc1ccc(Cl)c(Nc2nc3cc(N4CCCC(C(F)(F)F)C4)c(Cl)cc3[nH]2)c1)C(F)(F)F. The van der Waals surface area contributed by atoms with Crippen molar-refractivity contribution in [2.45, 2.75) is 45.1 Å². The van der Waals surface area contributed by atoms with Crippen LogP contribution in [0.15, 0.2) is 30.3 Å². The number of aromatic amines is 1. The molecule has 212 valence electrons. The van der Waals surface area contributed by atoms with Crippen molar-refractivity contribution in [3.05, 3.63) is 45.9 Å². The van der Waals surface area contributed by atoms with Crippen LogP contribution in [0.1, 0.15) is 31.7 Å². The standard InChI is InChI=1S/C25H25Cl2F6N5O/c1-2-15(25(31,32)33)22(39)34-11-13-5-6-16(26)18(8-13)35-23-36-19-9-17(27)21(10-20(19)37-23)38-7-3-4-14(12-38)24(28,29)30/h5-6,8-10,14-15H,2-4,7,11-12H2,1H3,(H,34,39)(H2,35,36,37). The number of halogens is 8. The summed E-state index contributed by atoms with van der Waals surface area (Å²) in [4.78, 5) is 21.1. The molecule has 0 aliphatic carbocycles. The van der Waals surface area contributed by atoms with Crippen LogP contribution in [-0.4, -0.2) is 41.3 Å². The molecule has 6 nitrogen and oxygen atoms in total. The first kappa shape index (κ1) is 29.1. The fraction of sp³-hybridized carbons (Fsp3) is 0.440. The molecule has 14 heteroatoms. The summed E-state index contributed by atoms with van der Waals surface area (Å²) in [6.07, 6.45) is -8.84. The molecule has 0 bridgehead atoms. The lowest BCUT2D eigenvalue weighted by atomic mass is 9.97. The fourth-order valence-electron chi connectivity index (χ4n) is 4.57. The van der Waals surface area contributed by atoms with Crippen LogP contribution in [0, 0.1) is 11.8 Å². The molecule has 2 atom stereocenters. The number of alkyl halides is 6. The van der Waals surface area contributed by atoms with Gasteiger partial charge in [-0.1, -0.05) is 36.2 Å². The fourth-order valence-corrected chi connectivity index (χ4v) is 5.02. The lowest BCUT2D eigenvalue weighted by Crippen LogP contribution is -2.41. The van der Waals surface area contributed by atoms with E-state index in [9.17, 15) is 31.1 Å². The molecule has 1 aromatic heterocycles. The first-order valence-electron chi connectivity index (χ1n) is 12.2. The number of nitrogens with one attached hydrogen (secondary N) is 3. The molecule has 0 spiro atoms. The van der Waals surface area contributed by atoms with E-state index in [0.717, 1.165) is 0 Å². The van der Waals surface area contributed by atoms with Crippen molar-refractivity contribution in [1.82, 2.24) is 15.3 Å². The monoisotopic (exact) mass is 595 g/mol. The van der Waals surface area contributed by atoms with Crippen LogP contribution in [0.25, 0.3) is 11.0 Å². The number of nitrogens with zero attached hydrogens (tertiary/aromatic N) is 2. The van der Waals surface area contributed by atoms with Crippen molar-refractivity contribution >= 4 is 57.5 Å². The molecular formula is C25H25Cl2F6N5O. The van der Waals surface area contributed by atoms with E-state index in [1.54, 1.807) is 29.2 Å². The summed E-state index contributed by atoms with van der Waals surface area (Å²) in [6.45, 7) is 1.39. The van der Waals surface area contributed by atoms with Crippen LogP contribution in [0.5, 0.6) is 0 Å². The zero-order valence-electron chi connectivity index (χ0n) is 20.6. The average Bonchev–Trinajstić information content (AvgIpc) is 3.24. The van der Waals surface area contributed by atoms with Crippen LogP contribution in [-0.2, 0) is 11.3 Å². The van der Waals surface area contributed by atoms with Crippen molar-refractivity contribution in [2.24, 2.45) is 11.8 Å². The van der Waals surface area contributed by atoms with Crippen LogP contribution in [0.3, 0.4) is 0 Å². The molecule has 1 saturated heterocycles. The summed E-state index contributed by atoms with van der Waals surface area (Å²) in [6, 6.07) is 7.86. The minimum Gasteiger partial charge on any atom is -0.370 e. The summed E-state index contributed by atoms with van der Waals surface area (Å²) in [5.41, 5.74) is 2.33. The van der Waals surface area contributed by atoms with Gasteiger partial charge in [-0.15, -0.1) is 0 Å². The van der Waals surface area contributed by atoms with Gasteiger partial charge in [0.05, 0.1) is 38.4 Å². The van der Waals surface area contributed by atoms with E-state index in [-0.39, 0.29) is 41.9 Å². The molecule has 3 N–H and O–H groups in total. The molecule has 0 saturated carbocycles. The van der Waals surface area contributed by atoms with Gasteiger partial charge in [0.2, 0.25) is 11.9 Å². The maximum atomic E-state index is 13.3. The van der Waals surface area contributed by atoms with Gasteiger partial charge in [-0.2, -0.15) is 26.3 Å². The Kier molecular flexibility index (Phi) is 8.46. The Labute approximate surface area is 230 Å². The number of amides is 1. The quantitative estimate of drug-likeness (QED) is 0.246. The van der Waals surface area contributed by atoms with Crippen molar-refractivity contribution in [1.29, 1.82) is 0 Å². The zero-order chi connectivity index (χ0) is 28.5. The molecule has 0 radical (unpaired) electrons. The highest BCUT2D eigenvalue weighted by Crippen LogP contribution is 2.38. The second-order valence-electron chi connectivity index (χ2n) is 9.39. The van der Waals surface area contributed by atoms with Crippen LogP contribution < -0.4 is 15.5 Å². The van der Waals surface area contributed by atoms with Gasteiger partial charge >= 0.3 is 12.4 Å². The van der Waals surface area contributed by atoms with Gasteiger partial charge in [0, 0.05) is 19.6 Å². The Morgan fingerprint density at radius 1 is 1.15 bits per heavy atom. The number of fused-ring (bicyclic) bond motifs is 1. The maximum absolute atomic E-state index is 13.3. The van der Waals surface area contributed by atoms with Crippen LogP contribution in [0.2, 0.25) is 10.0 Å². The van der Waals surface area contributed by atoms with Crippen molar-refractivity contribution in [2.75, 3.05) is 23.3 Å². The lowest BCUT2D eigenvalue weighted by Gasteiger charge is -2.35. The van der Waals surface area contributed by atoms with E-state index < -0.39 is 30.1 Å². The number of anilines is 3. The number of carbonyl (C=O) groups is 1. The zero-order valence-corrected chi connectivity index (χ0v) is 22.1. The average molecular weight is 596 g/mol. The molecule has 2 heterocycles. The van der Waals surface area contributed by atoms with Crippen LogP contribution >= 0.6 is 23.2 Å². The minimum atomic E-state index is -4.64. The predicted molar refractivity (Wildman–Crippen MR) is 139 cm³/mol. The third kappa shape index (κ3) is 6.84. The second kappa shape index (κ2) is 11.3. The summed E-state index contributed by atoms with van der Waals surface area (Å²) < 4.78 is 78.9. The minimum absolute atomic E-state index is 0.0708. The third-order valence-corrected chi connectivity index (χ3v) is 7.28. The first-order chi connectivity index (χ1) is 18.3. The summed E-state index contributed by atoms with van der Waals surface area (Å²) in [7, 11) is 0. The van der Waals surface area contributed by atoms with Crippen molar-refractivity contribution in [3.8, 4) is 0 Å². The van der Waals surface area contributed by atoms with Gasteiger partial charge in [0.25, 0.3) is 0 Å². The number of piperidine rings is 1. The van der Waals surface area contributed by atoms with Gasteiger partial charge in [-0.25, -0.2) is 4.98 Å². The highest BCUT2D eigenvalue weighted by atomic mass is 35.5. The van der Waals surface area contributed by atoms with E-state index in [1.807, 2.05) is 0 Å². The lowest BCUT2D eigenvalue weighted by molar-refractivity contribution is -0.183. The van der Waals surface area contributed by atoms with Gasteiger partial charge in [-0.3, -0.25) is 4.79 Å². The molecule has 2 unspecified atom stereocenters. The Hall–Kier alpha value is -2.86. The van der Waals surface area contributed by atoms with Crippen LogP contribution in [0.4, 0.5) is 43.7 Å². The Bertz CT molecular complexity index is 1340. The van der Waals surface area contributed by atoms with Gasteiger partial charge in [-0.05, 0) is 49.1 Å². The number of hydrogen-bond acceptors (Lipinski definition) is 4. The molecule has 39 heavy (non-hydrogen) atoms. The maximum Gasteiger partial charge on any atom is 0.400 e. The number of hydrogen-bond donors (Lipinski definition) is 3. The second-order valence-corrected chi connectivity index (χ2v) is 10.2. The Morgan fingerprint density at radius 2 is 1.90 bits per heavy atom. The summed E-state index contributed by atoms with van der Waals surface area (Å²) in [5.74, 6) is -4.39. The van der Waals surface area contributed by atoms with Crippen molar-refractivity contribution in [3.63, 3.8) is 0 Å². The number of rotatable bonds is 7. The van der Waals surface area contributed by atoms with Gasteiger partial charge in [0.1, 0.15) is 5.92 Å². The summed E-state index contributed by atoms with van der Waals surface area (Å²) in [5, 5.41) is 5.87. The smallest absolute Gasteiger partial charge is 0.370 e. The number of carbonyl (C=O) groups excluding carboxylic acids is 1. The number of imidazole rings is 1. The van der Waals surface area contributed by atoms with E-state index in [2.05, 4.69) is 20.6 Å². The topological polar surface area (TPSA) is 73.1 Å². The van der Waals surface area contributed by atoms with Gasteiger partial charge in [0.15, 0.2) is 0 Å². The molecule has 1 aliphatic heterocycles. The molecule has 2 aromatic carbocycles. The third-order valence-electron chi connectivity index (χ3n) is 6.65. The molecule has 3 aromatic rings. The molecule has 1 aliphatic rings. The normalized spacial score (nSPS) is 17.4. The number of H-pyrrole nitrogens is 1. The molecule has 1 fully saturated rings. The number of benzene rings is 2. The van der Waals surface area contributed by atoms with Crippen molar-refractivity contribution < 1.29 is 31.1 Å². The summed E-state index contributed by atoms with van der Waals surface area (Å²) >= 11 is 12.7. The predicted octanol–water partition coefficient (Wildman–Crippen LogP) is 7.60.